The predicted molar refractivity (Wildman–Crippen MR) is 75.1 cm³/mol. The van der Waals surface area contributed by atoms with Gasteiger partial charge < -0.3 is 4.90 Å². The molecule has 0 aromatic heterocycles. The van der Waals surface area contributed by atoms with Gasteiger partial charge in [-0.05, 0) is 31.7 Å². The quantitative estimate of drug-likeness (QED) is 0.816. The molecule has 0 N–H and O–H groups in total. The van der Waals surface area contributed by atoms with E-state index in [0.29, 0.717) is 36.2 Å². The minimum absolute atomic E-state index is 0.238. The standard InChI is InChI=1S/C12H16BrFN2O2S/c1-9-7-12(11(14)8-10(9)13)19(17,18)16-5-3-15(2)4-6-16/h7-8H,3-6H2,1-2H3. The first-order valence-corrected chi connectivity index (χ1v) is 8.20. The van der Waals surface area contributed by atoms with Crippen LogP contribution in [-0.4, -0.2) is 50.8 Å². The smallest absolute Gasteiger partial charge is 0.246 e. The number of rotatable bonds is 2. The molecular weight excluding hydrogens is 335 g/mol. The zero-order valence-corrected chi connectivity index (χ0v) is 13.3. The van der Waals surface area contributed by atoms with Crippen LogP contribution in [0.15, 0.2) is 21.5 Å². The topological polar surface area (TPSA) is 40.6 Å². The van der Waals surface area contributed by atoms with Crippen LogP contribution in [0.2, 0.25) is 0 Å². The molecule has 0 radical (unpaired) electrons. The van der Waals surface area contributed by atoms with Crippen LogP contribution in [-0.2, 0) is 10.0 Å². The number of sulfonamides is 1. The number of hydrogen-bond acceptors (Lipinski definition) is 3. The molecule has 0 unspecified atom stereocenters. The van der Waals surface area contributed by atoms with Crippen molar-refractivity contribution in [1.29, 1.82) is 0 Å². The van der Waals surface area contributed by atoms with Gasteiger partial charge in [0.15, 0.2) is 0 Å². The van der Waals surface area contributed by atoms with E-state index in [-0.39, 0.29) is 4.90 Å². The molecule has 1 aromatic rings. The molecule has 0 amide bonds. The Bertz CT molecular complexity index is 584. The molecule has 106 valence electrons. The van der Waals surface area contributed by atoms with Crippen LogP contribution in [0, 0.1) is 12.7 Å². The summed E-state index contributed by atoms with van der Waals surface area (Å²) in [7, 11) is -1.81. The van der Waals surface area contributed by atoms with E-state index in [1.807, 2.05) is 7.05 Å². The molecule has 2 rings (SSSR count). The van der Waals surface area contributed by atoms with Crippen molar-refractivity contribution in [2.24, 2.45) is 0 Å². The number of halogens is 2. The first-order valence-electron chi connectivity index (χ1n) is 5.96. The SMILES string of the molecule is Cc1cc(S(=O)(=O)N2CCN(C)CC2)c(F)cc1Br. The van der Waals surface area contributed by atoms with Gasteiger partial charge in [-0.2, -0.15) is 4.31 Å². The summed E-state index contributed by atoms with van der Waals surface area (Å²) in [5.41, 5.74) is 0.703. The lowest BCUT2D eigenvalue weighted by Gasteiger charge is -2.31. The third kappa shape index (κ3) is 2.99. The van der Waals surface area contributed by atoms with E-state index in [2.05, 4.69) is 20.8 Å². The summed E-state index contributed by atoms with van der Waals surface area (Å²) >= 11 is 3.20. The molecule has 1 aliphatic rings. The van der Waals surface area contributed by atoms with Crippen molar-refractivity contribution < 1.29 is 12.8 Å². The minimum Gasteiger partial charge on any atom is -0.304 e. The molecule has 0 spiro atoms. The number of aryl methyl sites for hydroxylation is 1. The Kier molecular flexibility index (Phi) is 4.29. The summed E-state index contributed by atoms with van der Waals surface area (Å²) < 4.78 is 40.7. The molecule has 1 heterocycles. The molecule has 1 aromatic carbocycles. The highest BCUT2D eigenvalue weighted by Gasteiger charge is 2.30. The van der Waals surface area contributed by atoms with Crippen molar-refractivity contribution in [3.63, 3.8) is 0 Å². The first kappa shape index (κ1) is 14.9. The van der Waals surface area contributed by atoms with E-state index in [1.165, 1.54) is 16.4 Å². The molecule has 19 heavy (non-hydrogen) atoms. The fourth-order valence-electron chi connectivity index (χ4n) is 2.00. The van der Waals surface area contributed by atoms with Gasteiger partial charge in [0.05, 0.1) is 0 Å². The molecule has 1 aliphatic heterocycles. The highest BCUT2D eigenvalue weighted by Crippen LogP contribution is 2.26. The van der Waals surface area contributed by atoms with E-state index in [0.717, 1.165) is 0 Å². The van der Waals surface area contributed by atoms with Gasteiger partial charge in [0.2, 0.25) is 10.0 Å². The van der Waals surface area contributed by atoms with Crippen LogP contribution in [0.3, 0.4) is 0 Å². The van der Waals surface area contributed by atoms with Crippen molar-refractivity contribution in [2.75, 3.05) is 33.2 Å². The summed E-state index contributed by atoms with van der Waals surface area (Å²) in [6.07, 6.45) is 0. The predicted octanol–water partition coefficient (Wildman–Crippen LogP) is 1.83. The van der Waals surface area contributed by atoms with Crippen LogP contribution in [0.1, 0.15) is 5.56 Å². The van der Waals surface area contributed by atoms with E-state index in [1.54, 1.807) is 6.92 Å². The van der Waals surface area contributed by atoms with Crippen molar-refractivity contribution >= 4 is 26.0 Å². The zero-order chi connectivity index (χ0) is 14.2. The van der Waals surface area contributed by atoms with E-state index < -0.39 is 15.8 Å². The van der Waals surface area contributed by atoms with Crippen molar-refractivity contribution in [3.05, 3.63) is 28.0 Å². The highest BCUT2D eigenvalue weighted by atomic mass is 79.9. The van der Waals surface area contributed by atoms with E-state index in [9.17, 15) is 12.8 Å². The summed E-state index contributed by atoms with van der Waals surface area (Å²) in [4.78, 5) is 1.81. The maximum absolute atomic E-state index is 13.9. The zero-order valence-electron chi connectivity index (χ0n) is 10.9. The van der Waals surface area contributed by atoms with Crippen LogP contribution in [0.25, 0.3) is 0 Å². The molecule has 0 atom stereocenters. The Balaban J connectivity index is 2.37. The maximum Gasteiger partial charge on any atom is 0.246 e. The number of likely N-dealkylation sites (N-methyl/N-ethyl adjacent to an activating group) is 1. The van der Waals surface area contributed by atoms with Crippen LogP contribution in [0.5, 0.6) is 0 Å². The van der Waals surface area contributed by atoms with Crippen molar-refractivity contribution in [2.45, 2.75) is 11.8 Å². The minimum atomic E-state index is -3.74. The maximum atomic E-state index is 13.9. The monoisotopic (exact) mass is 350 g/mol. The molecule has 0 saturated carbocycles. The second-order valence-corrected chi connectivity index (χ2v) is 7.50. The molecule has 0 aliphatic carbocycles. The highest BCUT2D eigenvalue weighted by molar-refractivity contribution is 9.10. The molecule has 7 heteroatoms. The first-order chi connectivity index (χ1) is 8.82. The van der Waals surface area contributed by atoms with Gasteiger partial charge in [-0.15, -0.1) is 0 Å². The van der Waals surface area contributed by atoms with Gasteiger partial charge in [-0.25, -0.2) is 12.8 Å². The van der Waals surface area contributed by atoms with Crippen LogP contribution in [0.4, 0.5) is 4.39 Å². The fourth-order valence-corrected chi connectivity index (χ4v) is 3.86. The van der Waals surface area contributed by atoms with Gasteiger partial charge >= 0.3 is 0 Å². The lowest BCUT2D eigenvalue weighted by atomic mass is 10.2. The summed E-state index contributed by atoms with van der Waals surface area (Å²) in [6, 6.07) is 2.59. The molecular formula is C12H16BrFN2O2S. The number of benzene rings is 1. The van der Waals surface area contributed by atoms with Gasteiger partial charge in [-0.1, -0.05) is 15.9 Å². The summed E-state index contributed by atoms with van der Waals surface area (Å²) in [5.74, 6) is -0.712. The van der Waals surface area contributed by atoms with Gasteiger partial charge in [-0.3, -0.25) is 0 Å². The van der Waals surface area contributed by atoms with Crippen molar-refractivity contribution in [1.82, 2.24) is 9.21 Å². The van der Waals surface area contributed by atoms with E-state index in [4.69, 9.17) is 0 Å². The second kappa shape index (κ2) is 5.47. The number of nitrogens with zero attached hydrogens (tertiary/aromatic N) is 2. The van der Waals surface area contributed by atoms with Crippen LogP contribution >= 0.6 is 15.9 Å². The van der Waals surface area contributed by atoms with Gasteiger partial charge in [0.25, 0.3) is 0 Å². The summed E-state index contributed by atoms with van der Waals surface area (Å²) in [5, 5.41) is 0. The Hall–Kier alpha value is -0.500. The average molecular weight is 351 g/mol. The number of hydrogen-bond donors (Lipinski definition) is 0. The van der Waals surface area contributed by atoms with E-state index >= 15 is 0 Å². The Morgan fingerprint density at radius 3 is 2.37 bits per heavy atom. The lowest BCUT2D eigenvalue weighted by Crippen LogP contribution is -2.47. The second-order valence-electron chi connectivity index (χ2n) is 4.74. The van der Waals surface area contributed by atoms with Crippen molar-refractivity contribution in [3.8, 4) is 0 Å². The largest absolute Gasteiger partial charge is 0.304 e. The normalized spacial score (nSPS) is 18.7. The van der Waals surface area contributed by atoms with Crippen LogP contribution < -0.4 is 0 Å². The molecule has 1 saturated heterocycles. The average Bonchev–Trinajstić information content (AvgIpc) is 2.34. The third-order valence-corrected chi connectivity index (χ3v) is 6.06. The Morgan fingerprint density at radius 1 is 1.21 bits per heavy atom. The third-order valence-electron chi connectivity index (χ3n) is 3.29. The molecule has 4 nitrogen and oxygen atoms in total. The fraction of sp³-hybridized carbons (Fsp3) is 0.500. The Labute approximate surface area is 121 Å². The Morgan fingerprint density at radius 2 is 1.79 bits per heavy atom. The lowest BCUT2D eigenvalue weighted by molar-refractivity contribution is 0.222. The summed E-state index contributed by atoms with van der Waals surface area (Å²) in [6.45, 7) is 3.86. The molecule has 1 fully saturated rings. The molecule has 0 bridgehead atoms. The van der Waals surface area contributed by atoms with Gasteiger partial charge in [0, 0.05) is 30.7 Å². The van der Waals surface area contributed by atoms with Gasteiger partial charge in [0.1, 0.15) is 10.7 Å². The number of piperazine rings is 1.